The maximum Gasteiger partial charge on any atom is 0.332 e. The van der Waals surface area contributed by atoms with Gasteiger partial charge in [0.2, 0.25) is 5.91 Å². The summed E-state index contributed by atoms with van der Waals surface area (Å²) in [6.07, 6.45) is 2.20. The molecule has 0 saturated carbocycles. The normalized spacial score (nSPS) is 10.8. The smallest absolute Gasteiger partial charge is 0.332 e. The predicted octanol–water partition coefficient (Wildman–Crippen LogP) is 1.39. The number of carbonyl (C=O) groups is 1. The highest BCUT2D eigenvalue weighted by Crippen LogP contribution is 2.28. The maximum absolute atomic E-state index is 12.8. The number of ether oxygens (including phenoxy) is 2. The Bertz CT molecular complexity index is 1240. The van der Waals surface area contributed by atoms with E-state index >= 15 is 0 Å². The van der Waals surface area contributed by atoms with Gasteiger partial charge in [-0.1, -0.05) is 13.0 Å². The number of anilines is 1. The highest BCUT2D eigenvalue weighted by molar-refractivity contribution is 6.01. The van der Waals surface area contributed by atoms with Gasteiger partial charge in [0.1, 0.15) is 5.39 Å². The average molecular weight is 412 g/mol. The maximum atomic E-state index is 12.8. The van der Waals surface area contributed by atoms with E-state index in [9.17, 15) is 14.4 Å². The summed E-state index contributed by atoms with van der Waals surface area (Å²) in [5, 5.41) is 3.06. The molecule has 0 aliphatic carbocycles. The lowest BCUT2D eigenvalue weighted by Crippen LogP contribution is -2.38. The quantitative estimate of drug-likeness (QED) is 0.656. The third-order valence-electron chi connectivity index (χ3n) is 5.01. The molecule has 0 bridgehead atoms. The molecule has 1 N–H and O–H groups in total. The number of nitrogens with zero attached hydrogens (tertiary/aromatic N) is 3. The molecule has 1 aromatic carbocycles. The van der Waals surface area contributed by atoms with Crippen molar-refractivity contribution in [3.63, 3.8) is 0 Å². The number of fused-ring (bicyclic) bond motifs is 1. The second-order valence-electron chi connectivity index (χ2n) is 6.83. The lowest BCUT2D eigenvalue weighted by molar-refractivity contribution is -0.115. The van der Waals surface area contributed by atoms with E-state index in [0.29, 0.717) is 29.2 Å². The van der Waals surface area contributed by atoms with Crippen molar-refractivity contribution < 1.29 is 14.3 Å². The Morgan fingerprint density at radius 2 is 1.80 bits per heavy atom. The van der Waals surface area contributed by atoms with Crippen molar-refractivity contribution in [3.05, 3.63) is 56.4 Å². The molecule has 3 aromatic rings. The number of rotatable bonds is 6. The van der Waals surface area contributed by atoms with Crippen molar-refractivity contribution in [2.24, 2.45) is 14.1 Å². The van der Waals surface area contributed by atoms with Crippen LogP contribution in [0.3, 0.4) is 0 Å². The Morgan fingerprint density at radius 3 is 2.43 bits per heavy atom. The van der Waals surface area contributed by atoms with Crippen molar-refractivity contribution in [3.8, 4) is 11.5 Å². The van der Waals surface area contributed by atoms with Gasteiger partial charge in [0, 0.05) is 20.3 Å². The van der Waals surface area contributed by atoms with Crippen molar-refractivity contribution in [1.82, 2.24) is 14.1 Å². The van der Waals surface area contributed by atoms with E-state index in [-0.39, 0.29) is 23.4 Å². The standard InChI is InChI=1S/C21H24N4O5/c1-6-13-11-22-19-17(20(27)25(3)21(28)24(19)2)18(13)23-16(26)10-12-7-8-14(29-4)15(9-12)30-5/h7-9,11H,6,10H2,1-5H3,(H,22,23,26). The minimum absolute atomic E-state index is 0.0689. The zero-order chi connectivity index (χ0) is 22.0. The molecule has 2 heterocycles. The Morgan fingerprint density at radius 1 is 1.10 bits per heavy atom. The first-order valence-electron chi connectivity index (χ1n) is 9.40. The first-order chi connectivity index (χ1) is 14.3. The zero-order valence-corrected chi connectivity index (χ0v) is 17.6. The molecule has 9 heteroatoms. The first-order valence-corrected chi connectivity index (χ1v) is 9.40. The lowest BCUT2D eigenvalue weighted by atomic mass is 10.1. The molecule has 9 nitrogen and oxygen atoms in total. The third kappa shape index (κ3) is 3.66. The van der Waals surface area contributed by atoms with Gasteiger partial charge < -0.3 is 14.8 Å². The molecule has 158 valence electrons. The number of amides is 1. The van der Waals surface area contributed by atoms with Crippen LogP contribution < -0.4 is 26.0 Å². The van der Waals surface area contributed by atoms with Gasteiger partial charge in [-0.3, -0.25) is 18.7 Å². The van der Waals surface area contributed by atoms with E-state index in [1.165, 1.54) is 25.8 Å². The van der Waals surface area contributed by atoms with Gasteiger partial charge in [-0.2, -0.15) is 0 Å². The van der Waals surface area contributed by atoms with Crippen LogP contribution in [0.5, 0.6) is 11.5 Å². The first kappa shape index (κ1) is 21.1. The number of hydrogen-bond donors (Lipinski definition) is 1. The van der Waals surface area contributed by atoms with E-state index in [4.69, 9.17) is 9.47 Å². The molecular formula is C21H24N4O5. The van der Waals surface area contributed by atoms with Crippen LogP contribution in [0.2, 0.25) is 0 Å². The lowest BCUT2D eigenvalue weighted by Gasteiger charge is -2.15. The second kappa shape index (κ2) is 8.40. The van der Waals surface area contributed by atoms with Gasteiger partial charge in [0.05, 0.1) is 26.3 Å². The highest BCUT2D eigenvalue weighted by atomic mass is 16.5. The molecular weight excluding hydrogens is 388 g/mol. The summed E-state index contributed by atoms with van der Waals surface area (Å²) in [6, 6.07) is 5.23. The molecule has 0 radical (unpaired) electrons. The number of hydrogen-bond acceptors (Lipinski definition) is 6. The minimum atomic E-state index is -0.502. The summed E-state index contributed by atoms with van der Waals surface area (Å²) in [7, 11) is 6.01. The van der Waals surface area contributed by atoms with Crippen LogP contribution in [-0.4, -0.2) is 34.2 Å². The molecule has 0 aliphatic rings. The summed E-state index contributed by atoms with van der Waals surface area (Å²) in [5.74, 6) is 0.787. The van der Waals surface area contributed by atoms with Gasteiger partial charge in [0.15, 0.2) is 17.1 Å². The molecule has 3 rings (SSSR count). The molecule has 1 amide bonds. The minimum Gasteiger partial charge on any atom is -0.493 e. The van der Waals surface area contributed by atoms with Crippen LogP contribution in [0.4, 0.5) is 5.69 Å². The summed E-state index contributed by atoms with van der Waals surface area (Å²) in [5.41, 5.74) is 1.05. The summed E-state index contributed by atoms with van der Waals surface area (Å²) in [4.78, 5) is 42.1. The Kier molecular flexibility index (Phi) is 5.91. The molecule has 0 fully saturated rings. The molecule has 0 saturated heterocycles. The van der Waals surface area contributed by atoms with E-state index in [0.717, 1.165) is 10.1 Å². The van der Waals surface area contributed by atoms with E-state index < -0.39 is 11.2 Å². The van der Waals surface area contributed by atoms with E-state index in [1.807, 2.05) is 6.92 Å². The summed E-state index contributed by atoms with van der Waals surface area (Å²) in [6.45, 7) is 1.90. The topological polar surface area (TPSA) is 104 Å². The number of aryl methyl sites for hydroxylation is 2. The van der Waals surface area contributed by atoms with E-state index in [2.05, 4.69) is 10.3 Å². The van der Waals surface area contributed by atoms with Gasteiger partial charge >= 0.3 is 5.69 Å². The molecule has 0 unspecified atom stereocenters. The van der Waals surface area contributed by atoms with Crippen molar-refractivity contribution >= 4 is 22.6 Å². The fourth-order valence-corrected chi connectivity index (χ4v) is 3.34. The van der Waals surface area contributed by atoms with Crippen LogP contribution in [-0.2, 0) is 31.7 Å². The van der Waals surface area contributed by atoms with Gasteiger partial charge in [-0.05, 0) is 29.7 Å². The van der Waals surface area contributed by atoms with Crippen molar-refractivity contribution in [1.29, 1.82) is 0 Å². The summed E-state index contributed by atoms with van der Waals surface area (Å²) < 4.78 is 12.8. The number of methoxy groups -OCH3 is 2. The van der Waals surface area contributed by atoms with Gasteiger partial charge in [0.25, 0.3) is 5.56 Å². The average Bonchev–Trinajstić information content (AvgIpc) is 2.75. The van der Waals surface area contributed by atoms with Crippen LogP contribution >= 0.6 is 0 Å². The highest BCUT2D eigenvalue weighted by Gasteiger charge is 2.18. The number of aromatic nitrogens is 3. The Balaban J connectivity index is 2.04. The van der Waals surface area contributed by atoms with Crippen LogP contribution in [0, 0.1) is 0 Å². The Hall–Kier alpha value is -3.62. The fraction of sp³-hybridized carbons (Fsp3) is 0.333. The third-order valence-corrected chi connectivity index (χ3v) is 5.01. The number of benzene rings is 1. The largest absolute Gasteiger partial charge is 0.493 e. The zero-order valence-electron chi connectivity index (χ0n) is 17.6. The van der Waals surface area contributed by atoms with E-state index in [1.54, 1.807) is 31.5 Å². The van der Waals surface area contributed by atoms with Crippen molar-refractivity contribution in [2.45, 2.75) is 19.8 Å². The SMILES string of the molecule is CCc1cnc2c(c1NC(=O)Cc1ccc(OC)c(OC)c1)c(=O)n(C)c(=O)n2C. The Labute approximate surface area is 172 Å². The molecule has 0 aliphatic heterocycles. The number of pyridine rings is 1. The van der Waals surface area contributed by atoms with Gasteiger partial charge in [-0.25, -0.2) is 9.78 Å². The monoisotopic (exact) mass is 412 g/mol. The van der Waals surface area contributed by atoms with Crippen LogP contribution in [0.15, 0.2) is 34.0 Å². The second-order valence-corrected chi connectivity index (χ2v) is 6.83. The number of nitrogens with one attached hydrogen (secondary N) is 1. The predicted molar refractivity (Wildman–Crippen MR) is 113 cm³/mol. The van der Waals surface area contributed by atoms with Crippen molar-refractivity contribution in [2.75, 3.05) is 19.5 Å². The fourth-order valence-electron chi connectivity index (χ4n) is 3.34. The number of carbonyl (C=O) groups excluding carboxylic acids is 1. The van der Waals surface area contributed by atoms with Gasteiger partial charge in [-0.15, -0.1) is 0 Å². The van der Waals surface area contributed by atoms with Crippen LogP contribution in [0.25, 0.3) is 11.0 Å². The molecule has 0 atom stereocenters. The summed E-state index contributed by atoms with van der Waals surface area (Å²) >= 11 is 0. The molecule has 30 heavy (non-hydrogen) atoms. The van der Waals surface area contributed by atoms with Crippen LogP contribution in [0.1, 0.15) is 18.1 Å². The molecule has 2 aromatic heterocycles. The molecule has 0 spiro atoms.